The quantitative estimate of drug-likeness (QED) is 0.791. The van der Waals surface area contributed by atoms with Crippen molar-refractivity contribution in [3.63, 3.8) is 0 Å². The molecule has 1 heterocycles. The summed E-state index contributed by atoms with van der Waals surface area (Å²) < 4.78 is 11.9. The van der Waals surface area contributed by atoms with Crippen LogP contribution in [0.4, 0.5) is 0 Å². The van der Waals surface area contributed by atoms with Gasteiger partial charge in [-0.1, -0.05) is 19.8 Å². The average Bonchev–Trinajstić information content (AvgIpc) is 2.87. The highest BCUT2D eigenvalue weighted by Gasteiger charge is 2.45. The molecule has 2 rings (SSSR count). The zero-order valence-electron chi connectivity index (χ0n) is 12.0. The van der Waals surface area contributed by atoms with E-state index < -0.39 is 0 Å². The molecule has 2 unspecified atom stereocenters. The van der Waals surface area contributed by atoms with Gasteiger partial charge >= 0.3 is 0 Å². The predicted octanol–water partition coefficient (Wildman–Crippen LogP) is 2.74. The molecule has 1 saturated heterocycles. The number of likely N-dealkylation sites (N-methyl/N-ethyl adjacent to an activating group) is 1. The van der Waals surface area contributed by atoms with E-state index in [1.165, 1.54) is 38.5 Å². The fraction of sp³-hybridized carbons (Fsp3) is 1.00. The third kappa shape index (κ3) is 3.06. The number of nitrogens with one attached hydrogen (secondary N) is 1. The third-order valence-corrected chi connectivity index (χ3v) is 4.54. The minimum absolute atomic E-state index is 0.0795. The molecule has 1 aliphatic carbocycles. The monoisotopic (exact) mass is 255 g/mol. The molecule has 0 aromatic rings. The van der Waals surface area contributed by atoms with Crippen molar-refractivity contribution in [2.24, 2.45) is 5.92 Å². The lowest BCUT2D eigenvalue weighted by Crippen LogP contribution is -2.56. The molecule has 1 N–H and O–H groups in total. The lowest BCUT2D eigenvalue weighted by atomic mass is 9.80. The summed E-state index contributed by atoms with van der Waals surface area (Å²) in [5, 5.41) is 3.71. The van der Waals surface area contributed by atoms with E-state index in [1.807, 2.05) is 0 Å². The summed E-state index contributed by atoms with van der Waals surface area (Å²) in [7, 11) is 0. The first-order valence-electron chi connectivity index (χ1n) is 7.77. The Kier molecular flexibility index (Phi) is 5.46. The molecular formula is C15H29NO2. The van der Waals surface area contributed by atoms with Crippen molar-refractivity contribution >= 4 is 0 Å². The van der Waals surface area contributed by atoms with Crippen LogP contribution >= 0.6 is 0 Å². The summed E-state index contributed by atoms with van der Waals surface area (Å²) in [4.78, 5) is 0. The molecule has 0 spiro atoms. The molecule has 0 bridgehead atoms. The van der Waals surface area contributed by atoms with Crippen LogP contribution in [-0.4, -0.2) is 38.0 Å². The van der Waals surface area contributed by atoms with Crippen molar-refractivity contribution in [3.8, 4) is 0 Å². The maximum absolute atomic E-state index is 6.24. The van der Waals surface area contributed by atoms with Crippen LogP contribution in [0.3, 0.4) is 0 Å². The van der Waals surface area contributed by atoms with Gasteiger partial charge in [0, 0.05) is 25.2 Å². The lowest BCUT2D eigenvalue weighted by molar-refractivity contribution is -0.0922. The summed E-state index contributed by atoms with van der Waals surface area (Å²) >= 11 is 0. The van der Waals surface area contributed by atoms with Gasteiger partial charge in [0.05, 0.1) is 12.2 Å². The molecule has 106 valence electrons. The van der Waals surface area contributed by atoms with Crippen LogP contribution in [-0.2, 0) is 9.47 Å². The first-order valence-corrected chi connectivity index (χ1v) is 7.77. The van der Waals surface area contributed by atoms with E-state index >= 15 is 0 Å². The van der Waals surface area contributed by atoms with Crippen molar-refractivity contribution in [1.82, 2.24) is 5.32 Å². The maximum Gasteiger partial charge on any atom is 0.0838 e. The standard InChI is InChI=1S/C15H29NO2/c1-3-16-14(13-8-7-11-17-12-13)15(18-4-2)9-5-6-10-15/h13-14,16H,3-12H2,1-2H3. The molecule has 1 saturated carbocycles. The van der Waals surface area contributed by atoms with E-state index in [0.29, 0.717) is 12.0 Å². The third-order valence-electron chi connectivity index (χ3n) is 4.54. The number of hydrogen-bond acceptors (Lipinski definition) is 3. The van der Waals surface area contributed by atoms with Gasteiger partial charge in [0.15, 0.2) is 0 Å². The van der Waals surface area contributed by atoms with E-state index in [2.05, 4.69) is 19.2 Å². The molecule has 0 aromatic carbocycles. The summed E-state index contributed by atoms with van der Waals surface area (Å²) in [6.07, 6.45) is 7.55. The lowest BCUT2D eigenvalue weighted by Gasteiger charge is -2.43. The molecule has 2 fully saturated rings. The van der Waals surface area contributed by atoms with Crippen LogP contribution in [0.15, 0.2) is 0 Å². The van der Waals surface area contributed by atoms with Gasteiger partial charge in [0.1, 0.15) is 0 Å². The minimum Gasteiger partial charge on any atom is -0.381 e. The van der Waals surface area contributed by atoms with Gasteiger partial charge in [0.2, 0.25) is 0 Å². The second kappa shape index (κ2) is 6.88. The second-order valence-electron chi connectivity index (χ2n) is 5.72. The Morgan fingerprint density at radius 2 is 2.06 bits per heavy atom. The van der Waals surface area contributed by atoms with Crippen LogP contribution in [0, 0.1) is 5.92 Å². The Hall–Kier alpha value is -0.120. The minimum atomic E-state index is 0.0795. The Morgan fingerprint density at radius 3 is 2.61 bits per heavy atom. The molecule has 2 atom stereocenters. The topological polar surface area (TPSA) is 30.5 Å². The zero-order chi connectivity index (χ0) is 12.8. The van der Waals surface area contributed by atoms with E-state index in [4.69, 9.17) is 9.47 Å². The highest BCUT2D eigenvalue weighted by atomic mass is 16.5. The SMILES string of the molecule is CCNC(C1CCCOC1)C1(OCC)CCCC1. The maximum atomic E-state index is 6.24. The molecule has 3 nitrogen and oxygen atoms in total. The van der Waals surface area contributed by atoms with Crippen molar-refractivity contribution < 1.29 is 9.47 Å². The molecular weight excluding hydrogens is 226 g/mol. The van der Waals surface area contributed by atoms with Crippen LogP contribution in [0.2, 0.25) is 0 Å². The van der Waals surface area contributed by atoms with Gasteiger partial charge in [0.25, 0.3) is 0 Å². The van der Waals surface area contributed by atoms with E-state index in [0.717, 1.165) is 26.4 Å². The van der Waals surface area contributed by atoms with Gasteiger partial charge in [-0.25, -0.2) is 0 Å². The molecule has 0 amide bonds. The van der Waals surface area contributed by atoms with Crippen LogP contribution in [0.5, 0.6) is 0 Å². The molecule has 2 aliphatic rings. The fourth-order valence-corrected chi connectivity index (χ4v) is 3.84. The van der Waals surface area contributed by atoms with Gasteiger partial charge in [-0.15, -0.1) is 0 Å². The Bertz CT molecular complexity index is 233. The van der Waals surface area contributed by atoms with E-state index in [9.17, 15) is 0 Å². The number of rotatable bonds is 6. The summed E-state index contributed by atoms with van der Waals surface area (Å²) in [5.41, 5.74) is 0.0795. The molecule has 3 heteroatoms. The van der Waals surface area contributed by atoms with Gasteiger partial charge in [-0.05, 0) is 39.2 Å². The van der Waals surface area contributed by atoms with Gasteiger partial charge in [-0.3, -0.25) is 0 Å². The average molecular weight is 255 g/mol. The largest absolute Gasteiger partial charge is 0.381 e. The molecule has 1 aliphatic heterocycles. The normalized spacial score (nSPS) is 29.3. The number of ether oxygens (including phenoxy) is 2. The van der Waals surface area contributed by atoms with Crippen LogP contribution in [0.1, 0.15) is 52.4 Å². The summed E-state index contributed by atoms with van der Waals surface area (Å²) in [6.45, 7) is 8.03. The van der Waals surface area contributed by atoms with Crippen molar-refractivity contribution in [1.29, 1.82) is 0 Å². The highest BCUT2D eigenvalue weighted by Crippen LogP contribution is 2.40. The Labute approximate surface area is 112 Å². The van der Waals surface area contributed by atoms with Gasteiger partial charge in [-0.2, -0.15) is 0 Å². The molecule has 0 aromatic heterocycles. The Morgan fingerprint density at radius 1 is 1.28 bits per heavy atom. The Balaban J connectivity index is 2.09. The van der Waals surface area contributed by atoms with E-state index in [-0.39, 0.29) is 5.60 Å². The number of hydrogen-bond donors (Lipinski definition) is 1. The zero-order valence-corrected chi connectivity index (χ0v) is 12.0. The summed E-state index contributed by atoms with van der Waals surface area (Å²) in [5.74, 6) is 0.628. The highest BCUT2D eigenvalue weighted by molar-refractivity contribution is 5.00. The van der Waals surface area contributed by atoms with Crippen molar-refractivity contribution in [2.75, 3.05) is 26.4 Å². The molecule has 0 radical (unpaired) electrons. The van der Waals surface area contributed by atoms with Crippen LogP contribution in [0.25, 0.3) is 0 Å². The fourth-order valence-electron chi connectivity index (χ4n) is 3.84. The van der Waals surface area contributed by atoms with Crippen LogP contribution < -0.4 is 5.32 Å². The smallest absolute Gasteiger partial charge is 0.0838 e. The first-order chi connectivity index (χ1) is 8.82. The van der Waals surface area contributed by atoms with Crippen molar-refractivity contribution in [2.45, 2.75) is 64.0 Å². The van der Waals surface area contributed by atoms with Gasteiger partial charge < -0.3 is 14.8 Å². The van der Waals surface area contributed by atoms with Crippen molar-refractivity contribution in [3.05, 3.63) is 0 Å². The second-order valence-corrected chi connectivity index (χ2v) is 5.72. The summed E-state index contributed by atoms with van der Waals surface area (Å²) in [6, 6.07) is 0.477. The van der Waals surface area contributed by atoms with E-state index in [1.54, 1.807) is 0 Å². The molecule has 18 heavy (non-hydrogen) atoms. The first kappa shape index (κ1) is 14.3. The predicted molar refractivity (Wildman–Crippen MR) is 73.8 cm³/mol.